The van der Waals surface area contributed by atoms with E-state index in [0.29, 0.717) is 24.5 Å². The molecule has 212 valence electrons. The predicted octanol–water partition coefficient (Wildman–Crippen LogP) is 4.52. The Morgan fingerprint density at radius 1 is 1.02 bits per heavy atom. The molecule has 0 amide bonds. The number of aryl methyl sites for hydroxylation is 1. The highest BCUT2D eigenvalue weighted by atomic mass is 19.1. The topological polar surface area (TPSA) is 100 Å². The van der Waals surface area contributed by atoms with Crippen LogP contribution in [0, 0.1) is 19.7 Å². The van der Waals surface area contributed by atoms with Crippen LogP contribution < -0.4 is 4.90 Å². The Labute approximate surface area is 236 Å². The number of anilines is 1. The molecule has 1 unspecified atom stereocenters. The van der Waals surface area contributed by atoms with Gasteiger partial charge in [-0.2, -0.15) is 15.3 Å². The number of aromatic nitrogens is 8. The van der Waals surface area contributed by atoms with Gasteiger partial charge < -0.3 is 14.4 Å². The molecule has 0 saturated carbocycles. The van der Waals surface area contributed by atoms with Gasteiger partial charge in [-0.15, -0.1) is 0 Å². The van der Waals surface area contributed by atoms with Crippen molar-refractivity contribution in [2.45, 2.75) is 52.3 Å². The average Bonchev–Trinajstić information content (AvgIpc) is 3.70. The lowest BCUT2D eigenvalue weighted by Gasteiger charge is -2.34. The second-order valence-electron chi connectivity index (χ2n) is 10.7. The number of nitrogens with zero attached hydrogens (tertiary/aromatic N) is 9. The molecule has 0 N–H and O–H groups in total. The highest BCUT2D eigenvalue weighted by molar-refractivity contribution is 5.80. The molecule has 0 aromatic carbocycles. The molecule has 7 rings (SSSR count). The second-order valence-corrected chi connectivity index (χ2v) is 10.7. The summed E-state index contributed by atoms with van der Waals surface area (Å²) in [6, 6.07) is 5.64. The number of halogens is 1. The monoisotopic (exact) mass is 557 g/mol. The Kier molecular flexibility index (Phi) is 6.51. The fourth-order valence-electron chi connectivity index (χ4n) is 5.98. The van der Waals surface area contributed by atoms with E-state index in [0.717, 1.165) is 72.1 Å². The number of rotatable bonds is 5. The number of hydrogen-bond donors (Lipinski definition) is 0. The average molecular weight is 558 g/mol. The molecule has 0 radical (unpaired) electrons. The Hall–Kier alpha value is -4.16. The molecular formula is C29H32FN9O2. The lowest BCUT2D eigenvalue weighted by atomic mass is 10.1. The molecule has 2 atom stereocenters. The van der Waals surface area contributed by atoms with Crippen LogP contribution in [0.2, 0.25) is 0 Å². The van der Waals surface area contributed by atoms with Crippen LogP contribution in [-0.4, -0.2) is 71.6 Å². The van der Waals surface area contributed by atoms with Crippen LogP contribution in [0.3, 0.4) is 0 Å². The quantitative estimate of drug-likeness (QED) is 0.311. The van der Waals surface area contributed by atoms with E-state index in [1.807, 2.05) is 35.3 Å². The van der Waals surface area contributed by atoms with Gasteiger partial charge in [-0.25, -0.2) is 23.3 Å². The van der Waals surface area contributed by atoms with Crippen molar-refractivity contribution in [2.75, 3.05) is 31.3 Å². The van der Waals surface area contributed by atoms with Crippen LogP contribution in [0.25, 0.3) is 33.8 Å². The molecule has 2 fully saturated rings. The Balaban J connectivity index is 1.43. The van der Waals surface area contributed by atoms with Gasteiger partial charge in [0.15, 0.2) is 11.9 Å². The summed E-state index contributed by atoms with van der Waals surface area (Å²) in [5, 5.41) is 14.2. The first-order valence-electron chi connectivity index (χ1n) is 14.1. The molecule has 5 aromatic rings. The molecular weight excluding hydrogens is 525 g/mol. The van der Waals surface area contributed by atoms with Crippen LogP contribution in [0.4, 0.5) is 10.2 Å². The maximum absolute atomic E-state index is 14.1. The molecule has 0 bridgehead atoms. The zero-order valence-corrected chi connectivity index (χ0v) is 23.4. The molecule has 5 aromatic heterocycles. The van der Waals surface area contributed by atoms with E-state index < -0.39 is 5.82 Å². The molecule has 0 spiro atoms. The van der Waals surface area contributed by atoms with Gasteiger partial charge in [-0.1, -0.05) is 0 Å². The van der Waals surface area contributed by atoms with Gasteiger partial charge in [0.1, 0.15) is 11.6 Å². The molecule has 41 heavy (non-hydrogen) atoms. The van der Waals surface area contributed by atoms with Crippen molar-refractivity contribution >= 4 is 11.5 Å². The number of fused-ring (bicyclic) bond motifs is 1. The highest BCUT2D eigenvalue weighted by Crippen LogP contribution is 2.36. The lowest BCUT2D eigenvalue weighted by Crippen LogP contribution is -2.44. The summed E-state index contributed by atoms with van der Waals surface area (Å²) in [5.74, 6) is 0.422. The molecule has 0 aliphatic carbocycles. The summed E-state index contributed by atoms with van der Waals surface area (Å²) < 4.78 is 31.4. The molecule has 2 aliphatic rings. The van der Waals surface area contributed by atoms with Gasteiger partial charge in [0.25, 0.3) is 0 Å². The second kappa shape index (κ2) is 10.3. The van der Waals surface area contributed by atoms with Crippen molar-refractivity contribution in [3.8, 4) is 28.2 Å². The maximum Gasteiger partial charge on any atom is 0.167 e. The Morgan fingerprint density at radius 3 is 2.73 bits per heavy atom. The predicted molar refractivity (Wildman–Crippen MR) is 150 cm³/mol. The first-order chi connectivity index (χ1) is 20.0. The minimum absolute atomic E-state index is 0.117. The summed E-state index contributed by atoms with van der Waals surface area (Å²) in [6.07, 6.45) is 9.40. The maximum atomic E-state index is 14.1. The first kappa shape index (κ1) is 25.8. The first-order valence-corrected chi connectivity index (χ1v) is 14.1. The number of ether oxygens (including phenoxy) is 2. The Morgan fingerprint density at radius 2 is 1.93 bits per heavy atom. The minimum atomic E-state index is -0.415. The van der Waals surface area contributed by atoms with E-state index in [1.165, 1.54) is 12.3 Å². The van der Waals surface area contributed by atoms with Crippen LogP contribution in [-0.2, 0) is 9.47 Å². The molecule has 12 heteroatoms. The van der Waals surface area contributed by atoms with E-state index in [1.54, 1.807) is 17.1 Å². The molecule has 7 heterocycles. The highest BCUT2D eigenvalue weighted by Gasteiger charge is 2.27. The normalized spacial score (nSPS) is 19.8. The van der Waals surface area contributed by atoms with E-state index in [4.69, 9.17) is 24.7 Å². The van der Waals surface area contributed by atoms with E-state index >= 15 is 0 Å². The SMILES string of the molecule is Cc1nn(-c2cncc(F)c2)c(C)c1-c1cc(N2CCOC[C@H]2C)nc2c(-c3ccnn3C3CCCCO3)cnn12. The third kappa shape index (κ3) is 4.47. The van der Waals surface area contributed by atoms with Crippen molar-refractivity contribution in [1.29, 1.82) is 0 Å². The zero-order valence-electron chi connectivity index (χ0n) is 23.4. The fraction of sp³-hybridized carbons (Fsp3) is 0.414. The van der Waals surface area contributed by atoms with Crippen molar-refractivity contribution in [2.24, 2.45) is 0 Å². The largest absolute Gasteiger partial charge is 0.377 e. The van der Waals surface area contributed by atoms with Gasteiger partial charge in [0.2, 0.25) is 0 Å². The molecule has 2 aliphatic heterocycles. The summed E-state index contributed by atoms with van der Waals surface area (Å²) in [7, 11) is 0. The summed E-state index contributed by atoms with van der Waals surface area (Å²) >= 11 is 0. The van der Waals surface area contributed by atoms with E-state index in [9.17, 15) is 4.39 Å². The third-order valence-electron chi connectivity index (χ3n) is 7.98. The minimum Gasteiger partial charge on any atom is -0.377 e. The van der Waals surface area contributed by atoms with Gasteiger partial charge in [-0.05, 0) is 46.1 Å². The van der Waals surface area contributed by atoms with Crippen LogP contribution in [0.1, 0.15) is 43.8 Å². The van der Waals surface area contributed by atoms with Crippen LogP contribution in [0.5, 0.6) is 0 Å². The smallest absolute Gasteiger partial charge is 0.167 e. The number of pyridine rings is 1. The van der Waals surface area contributed by atoms with Crippen LogP contribution in [0.15, 0.2) is 43.0 Å². The summed E-state index contributed by atoms with van der Waals surface area (Å²) in [4.78, 5) is 11.5. The van der Waals surface area contributed by atoms with Crippen molar-refractivity contribution in [3.05, 3.63) is 60.2 Å². The van der Waals surface area contributed by atoms with E-state index in [-0.39, 0.29) is 12.3 Å². The fourth-order valence-corrected chi connectivity index (χ4v) is 5.98. The van der Waals surface area contributed by atoms with Gasteiger partial charge >= 0.3 is 0 Å². The number of hydrogen-bond acceptors (Lipinski definition) is 8. The molecule has 2 saturated heterocycles. The van der Waals surface area contributed by atoms with Crippen molar-refractivity contribution in [1.82, 2.24) is 39.1 Å². The standard InChI is InChI=1S/C29H32FN9O2/c1-18-17-40-11-9-36(18)26-13-25(28-19(2)35-37(20(28)3)22-12-21(30)14-31-15-22)39-29(34-26)23(16-33-39)24-7-8-32-38(24)27-6-4-5-10-41-27/h7-8,12-16,18,27H,4-6,9-11,17H2,1-3H3/t18-,27?/m1/s1. The van der Waals surface area contributed by atoms with Crippen LogP contribution >= 0.6 is 0 Å². The van der Waals surface area contributed by atoms with Gasteiger partial charge in [0, 0.05) is 37.0 Å². The number of morpholine rings is 1. The van der Waals surface area contributed by atoms with E-state index in [2.05, 4.69) is 28.0 Å². The third-order valence-corrected chi connectivity index (χ3v) is 7.98. The zero-order chi connectivity index (χ0) is 28.1. The summed E-state index contributed by atoms with van der Waals surface area (Å²) in [5.41, 5.74) is 6.45. The summed E-state index contributed by atoms with van der Waals surface area (Å²) in [6.45, 7) is 8.79. The van der Waals surface area contributed by atoms with Crippen molar-refractivity contribution < 1.29 is 13.9 Å². The van der Waals surface area contributed by atoms with Gasteiger partial charge in [-0.3, -0.25) is 4.98 Å². The molecule has 11 nitrogen and oxygen atoms in total. The lowest BCUT2D eigenvalue weighted by molar-refractivity contribution is -0.0383. The Bertz CT molecular complexity index is 1720. The van der Waals surface area contributed by atoms with Crippen molar-refractivity contribution in [3.63, 3.8) is 0 Å². The van der Waals surface area contributed by atoms with Gasteiger partial charge in [0.05, 0.1) is 71.9 Å².